The number of halogens is 5. The highest BCUT2D eigenvalue weighted by molar-refractivity contribution is 8.24. The lowest BCUT2D eigenvalue weighted by Gasteiger charge is -2.45. The number of fused-ring (bicyclic) bond motifs is 1. The van der Waals surface area contributed by atoms with Crippen molar-refractivity contribution < 1.29 is 40.6 Å². The number of rotatable bonds is 7. The standard InChI is InChI=1S/C24H30F5N3O4S/c1-13(21(26)27)32-19-11-14(22(33)30-24(2)7-9-37(34,35)10-8-24)3-5-16(19)20(31-32)17-12-15(36-23(28)29)4-6-18(17)25/h4,6,12-14,21,23,34-35H,3,5,7-11H2,1-2H3,(H,30,33). The van der Waals surface area contributed by atoms with E-state index < -0.39 is 46.9 Å². The third-order valence-electron chi connectivity index (χ3n) is 7.23. The van der Waals surface area contributed by atoms with Gasteiger partial charge in [0, 0.05) is 46.2 Å². The first-order valence-electron chi connectivity index (χ1n) is 12.0. The zero-order valence-electron chi connectivity index (χ0n) is 20.4. The molecule has 2 heterocycles. The first-order valence-corrected chi connectivity index (χ1v) is 13.9. The monoisotopic (exact) mass is 551 g/mol. The lowest BCUT2D eigenvalue weighted by atomic mass is 9.84. The summed E-state index contributed by atoms with van der Waals surface area (Å²) in [6.07, 6.45) is -1.30. The number of hydrogen-bond acceptors (Lipinski definition) is 5. The fraction of sp³-hybridized carbons (Fsp3) is 0.583. The molecule has 2 aromatic rings. The van der Waals surface area contributed by atoms with Crippen molar-refractivity contribution in [3.8, 4) is 17.0 Å². The van der Waals surface area contributed by atoms with Gasteiger partial charge in [0.2, 0.25) is 5.91 Å². The molecule has 0 radical (unpaired) electrons. The van der Waals surface area contributed by atoms with Crippen molar-refractivity contribution in [3.63, 3.8) is 0 Å². The highest BCUT2D eigenvalue weighted by Crippen LogP contribution is 2.47. The van der Waals surface area contributed by atoms with Crippen molar-refractivity contribution in [3.05, 3.63) is 35.3 Å². The molecular formula is C24H30F5N3O4S. The minimum atomic E-state index is -3.12. The lowest BCUT2D eigenvalue weighted by Crippen LogP contribution is -2.52. The van der Waals surface area contributed by atoms with Gasteiger partial charge >= 0.3 is 6.61 Å². The molecule has 37 heavy (non-hydrogen) atoms. The van der Waals surface area contributed by atoms with E-state index in [1.54, 1.807) is 0 Å². The molecule has 0 bridgehead atoms. The molecule has 1 aliphatic carbocycles. The molecule has 4 rings (SSSR count). The summed E-state index contributed by atoms with van der Waals surface area (Å²) in [6, 6.07) is 1.69. The lowest BCUT2D eigenvalue weighted by molar-refractivity contribution is -0.127. The van der Waals surface area contributed by atoms with Crippen LogP contribution in [0.4, 0.5) is 22.0 Å². The zero-order valence-corrected chi connectivity index (χ0v) is 21.2. The van der Waals surface area contributed by atoms with E-state index in [1.807, 2.05) is 6.92 Å². The molecule has 1 saturated heterocycles. The Balaban J connectivity index is 1.63. The third-order valence-corrected chi connectivity index (χ3v) is 8.94. The highest BCUT2D eigenvalue weighted by Gasteiger charge is 2.38. The minimum absolute atomic E-state index is 0.0584. The number of amides is 1. The number of benzene rings is 1. The number of carbonyl (C=O) groups excluding carboxylic acids is 1. The number of ether oxygens (including phenoxy) is 1. The van der Waals surface area contributed by atoms with E-state index in [-0.39, 0.29) is 47.3 Å². The second-order valence-electron chi connectivity index (χ2n) is 10.0. The summed E-state index contributed by atoms with van der Waals surface area (Å²) in [5, 5.41) is 7.28. The molecule has 1 amide bonds. The number of aromatic nitrogens is 2. The summed E-state index contributed by atoms with van der Waals surface area (Å²) in [4.78, 5) is 13.2. The first-order chi connectivity index (χ1) is 17.3. The summed E-state index contributed by atoms with van der Waals surface area (Å²) >= 11 is 0. The Morgan fingerprint density at radius 3 is 2.54 bits per heavy atom. The molecule has 1 aliphatic heterocycles. The van der Waals surface area contributed by atoms with Crippen LogP contribution < -0.4 is 10.1 Å². The van der Waals surface area contributed by atoms with Crippen LogP contribution in [0.15, 0.2) is 18.2 Å². The minimum Gasteiger partial charge on any atom is -0.435 e. The summed E-state index contributed by atoms with van der Waals surface area (Å²) in [7, 11) is -2.63. The summed E-state index contributed by atoms with van der Waals surface area (Å²) < 4.78 is 92.8. The fourth-order valence-electron chi connectivity index (χ4n) is 4.91. The Kier molecular flexibility index (Phi) is 7.78. The number of carbonyl (C=O) groups is 1. The van der Waals surface area contributed by atoms with Gasteiger partial charge in [0.05, 0.1) is 5.69 Å². The number of hydrogen-bond donors (Lipinski definition) is 3. The molecule has 2 unspecified atom stereocenters. The van der Waals surface area contributed by atoms with Crippen molar-refractivity contribution in [2.24, 2.45) is 5.92 Å². The normalized spacial score (nSPS) is 22.4. The van der Waals surface area contributed by atoms with Crippen LogP contribution in [-0.4, -0.2) is 54.9 Å². The second kappa shape index (κ2) is 10.4. The molecular weight excluding hydrogens is 521 g/mol. The highest BCUT2D eigenvalue weighted by atomic mass is 32.3. The SMILES string of the molecule is CC(C(F)F)n1nc(-c2cc(OC(F)F)ccc2F)c2c1CC(C(=O)NC1(C)CCS(O)(O)CC1)CC2. The number of alkyl halides is 4. The van der Waals surface area contributed by atoms with Crippen molar-refractivity contribution in [2.75, 3.05) is 11.5 Å². The van der Waals surface area contributed by atoms with Crippen LogP contribution in [0.25, 0.3) is 11.3 Å². The summed E-state index contributed by atoms with van der Waals surface area (Å²) in [6.45, 7) is -0.0206. The Labute approximate surface area is 212 Å². The van der Waals surface area contributed by atoms with Crippen molar-refractivity contribution in [1.29, 1.82) is 0 Å². The van der Waals surface area contributed by atoms with E-state index in [1.165, 1.54) is 6.92 Å². The van der Waals surface area contributed by atoms with Crippen LogP contribution in [0.3, 0.4) is 0 Å². The Bertz CT molecular complexity index is 1150. The van der Waals surface area contributed by atoms with Crippen LogP contribution in [0.5, 0.6) is 5.75 Å². The molecule has 1 aromatic heterocycles. The zero-order chi connectivity index (χ0) is 27.1. The first kappa shape index (κ1) is 27.6. The maximum atomic E-state index is 14.8. The molecule has 2 aliphatic rings. The molecule has 2 atom stereocenters. The molecule has 0 saturated carbocycles. The van der Waals surface area contributed by atoms with E-state index in [0.717, 1.165) is 22.9 Å². The fourth-order valence-corrected chi connectivity index (χ4v) is 6.67. The van der Waals surface area contributed by atoms with Gasteiger partial charge in [0.1, 0.15) is 17.6 Å². The van der Waals surface area contributed by atoms with Crippen LogP contribution in [0.2, 0.25) is 0 Å². The van der Waals surface area contributed by atoms with E-state index in [0.29, 0.717) is 30.5 Å². The predicted molar refractivity (Wildman–Crippen MR) is 129 cm³/mol. The van der Waals surface area contributed by atoms with E-state index in [2.05, 4.69) is 15.2 Å². The molecule has 13 heteroatoms. The molecule has 0 spiro atoms. The van der Waals surface area contributed by atoms with Crippen LogP contribution in [0.1, 0.15) is 50.4 Å². The van der Waals surface area contributed by atoms with Gasteiger partial charge in [-0.2, -0.15) is 24.5 Å². The Hall–Kier alpha value is -2.38. The van der Waals surface area contributed by atoms with Crippen LogP contribution >= 0.6 is 10.6 Å². The quantitative estimate of drug-likeness (QED) is 0.387. The van der Waals surface area contributed by atoms with E-state index in [9.17, 15) is 35.9 Å². The maximum Gasteiger partial charge on any atom is 0.387 e. The van der Waals surface area contributed by atoms with Gasteiger partial charge in [-0.1, -0.05) is 0 Å². The molecule has 7 nitrogen and oxygen atoms in total. The van der Waals surface area contributed by atoms with Gasteiger partial charge in [-0.15, -0.1) is 0 Å². The smallest absolute Gasteiger partial charge is 0.387 e. The van der Waals surface area contributed by atoms with E-state index in [4.69, 9.17) is 0 Å². The van der Waals surface area contributed by atoms with Crippen LogP contribution in [0, 0.1) is 11.7 Å². The van der Waals surface area contributed by atoms with Gasteiger partial charge in [-0.3, -0.25) is 18.6 Å². The van der Waals surface area contributed by atoms with Crippen molar-refractivity contribution in [2.45, 2.75) is 70.6 Å². The number of nitrogens with one attached hydrogen (secondary N) is 1. The van der Waals surface area contributed by atoms with Crippen molar-refractivity contribution >= 4 is 16.5 Å². The molecule has 1 fully saturated rings. The topological polar surface area (TPSA) is 96.6 Å². The molecule has 1 aromatic carbocycles. The van der Waals surface area contributed by atoms with Gasteiger partial charge in [0.15, 0.2) is 0 Å². The van der Waals surface area contributed by atoms with Gasteiger partial charge in [0.25, 0.3) is 6.43 Å². The van der Waals surface area contributed by atoms with Gasteiger partial charge < -0.3 is 10.1 Å². The Morgan fingerprint density at radius 2 is 1.92 bits per heavy atom. The summed E-state index contributed by atoms with van der Waals surface area (Å²) in [5.74, 6) is -1.50. The van der Waals surface area contributed by atoms with E-state index >= 15 is 0 Å². The van der Waals surface area contributed by atoms with Crippen LogP contribution in [-0.2, 0) is 17.6 Å². The molecule has 206 valence electrons. The third kappa shape index (κ3) is 6.04. The van der Waals surface area contributed by atoms with Crippen molar-refractivity contribution in [1.82, 2.24) is 15.1 Å². The predicted octanol–water partition coefficient (Wildman–Crippen LogP) is 5.64. The number of nitrogens with zero attached hydrogens (tertiary/aromatic N) is 2. The second-order valence-corrected chi connectivity index (χ2v) is 12.4. The molecule has 3 N–H and O–H groups in total. The average Bonchev–Trinajstić information content (AvgIpc) is 3.20. The summed E-state index contributed by atoms with van der Waals surface area (Å²) in [5.41, 5.74) is 0.156. The largest absolute Gasteiger partial charge is 0.435 e. The Morgan fingerprint density at radius 1 is 1.24 bits per heavy atom. The maximum absolute atomic E-state index is 14.8. The average molecular weight is 552 g/mol. The van der Waals surface area contributed by atoms with Gasteiger partial charge in [-0.05, 0) is 57.7 Å². The van der Waals surface area contributed by atoms with Gasteiger partial charge in [-0.25, -0.2) is 13.2 Å².